The van der Waals surface area contributed by atoms with Gasteiger partial charge >= 0.3 is 0 Å². The van der Waals surface area contributed by atoms with Crippen molar-refractivity contribution in [3.05, 3.63) is 58.4 Å². The fraction of sp³-hybridized carbons (Fsp3) is 0.0714. The van der Waals surface area contributed by atoms with Crippen LogP contribution in [0.15, 0.2) is 42.0 Å². The summed E-state index contributed by atoms with van der Waals surface area (Å²) in [6.07, 6.45) is 3.89. The van der Waals surface area contributed by atoms with Crippen LogP contribution in [0, 0.1) is 5.82 Å². The molecule has 0 spiro atoms. The van der Waals surface area contributed by atoms with E-state index in [4.69, 9.17) is 0 Å². The lowest BCUT2D eigenvalue weighted by atomic mass is 10.2. The number of carbonyl (C=O) groups is 1. The van der Waals surface area contributed by atoms with Crippen LogP contribution >= 0.6 is 11.3 Å². The maximum atomic E-state index is 13.7. The molecule has 100 valence electrons. The highest BCUT2D eigenvalue weighted by atomic mass is 32.1. The second-order valence-corrected chi connectivity index (χ2v) is 5.14. The molecule has 2 aromatic heterocycles. The number of aromatic nitrogens is 3. The Balaban J connectivity index is 1.83. The standard InChI is InChI=1S/C14H10FN3OS/c15-12-4-2-1-3-11(12)13-9-20-14(17-13)7-18-6-10(8-19)5-16-18/h1-6,8-9H,7H2. The summed E-state index contributed by atoms with van der Waals surface area (Å²) in [5, 5.41) is 6.69. The van der Waals surface area contributed by atoms with Crippen molar-refractivity contribution in [2.24, 2.45) is 0 Å². The highest BCUT2D eigenvalue weighted by molar-refractivity contribution is 7.09. The van der Waals surface area contributed by atoms with E-state index in [9.17, 15) is 9.18 Å². The average molecular weight is 287 g/mol. The molecule has 0 saturated carbocycles. The van der Waals surface area contributed by atoms with Gasteiger partial charge < -0.3 is 0 Å². The van der Waals surface area contributed by atoms with E-state index >= 15 is 0 Å². The van der Waals surface area contributed by atoms with Gasteiger partial charge in [-0.05, 0) is 12.1 Å². The minimum atomic E-state index is -0.285. The second-order valence-electron chi connectivity index (χ2n) is 4.20. The van der Waals surface area contributed by atoms with Gasteiger partial charge in [0, 0.05) is 17.1 Å². The minimum absolute atomic E-state index is 0.285. The van der Waals surface area contributed by atoms with Crippen LogP contribution in [-0.4, -0.2) is 21.1 Å². The molecule has 0 fully saturated rings. The van der Waals surface area contributed by atoms with Crippen LogP contribution in [0.5, 0.6) is 0 Å². The van der Waals surface area contributed by atoms with Gasteiger partial charge in [-0.25, -0.2) is 9.37 Å². The molecule has 3 aromatic rings. The fourth-order valence-electron chi connectivity index (χ4n) is 1.84. The molecule has 0 saturated heterocycles. The Morgan fingerprint density at radius 2 is 2.20 bits per heavy atom. The summed E-state index contributed by atoms with van der Waals surface area (Å²) in [6, 6.07) is 6.54. The number of halogens is 1. The summed E-state index contributed by atoms with van der Waals surface area (Å²) >= 11 is 1.44. The Kier molecular flexibility index (Phi) is 3.39. The molecule has 4 nitrogen and oxygen atoms in total. The summed E-state index contributed by atoms with van der Waals surface area (Å²) in [4.78, 5) is 15.0. The minimum Gasteiger partial charge on any atom is -0.298 e. The first-order chi connectivity index (χ1) is 9.76. The quantitative estimate of drug-likeness (QED) is 0.693. The molecule has 20 heavy (non-hydrogen) atoms. The molecular weight excluding hydrogens is 277 g/mol. The zero-order valence-corrected chi connectivity index (χ0v) is 11.2. The summed E-state index contributed by atoms with van der Waals surface area (Å²) in [7, 11) is 0. The van der Waals surface area contributed by atoms with Crippen LogP contribution < -0.4 is 0 Å². The van der Waals surface area contributed by atoms with Crippen LogP contribution in [0.2, 0.25) is 0 Å². The topological polar surface area (TPSA) is 47.8 Å². The highest BCUT2D eigenvalue weighted by Gasteiger charge is 2.09. The predicted octanol–water partition coefficient (Wildman–Crippen LogP) is 3.01. The van der Waals surface area contributed by atoms with Gasteiger partial charge in [-0.2, -0.15) is 5.10 Å². The molecule has 0 bridgehead atoms. The average Bonchev–Trinajstić information content (AvgIpc) is 3.09. The third kappa shape index (κ3) is 2.50. The molecular formula is C14H10FN3OS. The van der Waals surface area contributed by atoms with E-state index < -0.39 is 0 Å². The lowest BCUT2D eigenvalue weighted by Crippen LogP contribution is -1.99. The SMILES string of the molecule is O=Cc1cnn(Cc2nc(-c3ccccc3F)cs2)c1. The first-order valence-electron chi connectivity index (χ1n) is 5.93. The Morgan fingerprint density at radius 3 is 2.95 bits per heavy atom. The fourth-order valence-corrected chi connectivity index (χ4v) is 2.63. The zero-order chi connectivity index (χ0) is 13.9. The van der Waals surface area contributed by atoms with Crippen LogP contribution in [0.25, 0.3) is 11.3 Å². The number of rotatable bonds is 4. The molecule has 3 rings (SSSR count). The number of carbonyl (C=O) groups excluding carboxylic acids is 1. The molecule has 0 amide bonds. The molecule has 0 aliphatic heterocycles. The Morgan fingerprint density at radius 1 is 1.35 bits per heavy atom. The van der Waals surface area contributed by atoms with E-state index in [1.807, 2.05) is 5.38 Å². The molecule has 0 radical (unpaired) electrons. The third-order valence-corrected chi connectivity index (χ3v) is 3.62. The lowest BCUT2D eigenvalue weighted by molar-refractivity contribution is 0.112. The van der Waals surface area contributed by atoms with Gasteiger partial charge in [0.15, 0.2) is 6.29 Å². The van der Waals surface area contributed by atoms with Crippen molar-refractivity contribution in [1.29, 1.82) is 0 Å². The molecule has 0 aliphatic carbocycles. The van der Waals surface area contributed by atoms with Gasteiger partial charge in [-0.3, -0.25) is 9.48 Å². The largest absolute Gasteiger partial charge is 0.298 e. The molecule has 0 aliphatic rings. The number of thiazole rings is 1. The molecule has 2 heterocycles. The third-order valence-electron chi connectivity index (χ3n) is 2.79. The molecule has 0 atom stereocenters. The van der Waals surface area contributed by atoms with Gasteiger partial charge in [0.2, 0.25) is 0 Å². The summed E-state index contributed by atoms with van der Waals surface area (Å²) in [5.74, 6) is -0.285. The molecule has 6 heteroatoms. The maximum absolute atomic E-state index is 13.7. The monoisotopic (exact) mass is 287 g/mol. The molecule has 0 unspecified atom stereocenters. The van der Waals surface area contributed by atoms with Crippen molar-refractivity contribution >= 4 is 17.6 Å². The second kappa shape index (κ2) is 5.34. The van der Waals surface area contributed by atoms with Crippen molar-refractivity contribution < 1.29 is 9.18 Å². The van der Waals surface area contributed by atoms with E-state index in [0.717, 1.165) is 11.3 Å². The predicted molar refractivity (Wildman–Crippen MR) is 74.2 cm³/mol. The Hall–Kier alpha value is -2.34. The van der Waals surface area contributed by atoms with Crippen molar-refractivity contribution in [3.63, 3.8) is 0 Å². The van der Waals surface area contributed by atoms with Crippen molar-refractivity contribution in [3.8, 4) is 11.3 Å². The number of nitrogens with zero attached hydrogens (tertiary/aromatic N) is 3. The number of hydrogen-bond acceptors (Lipinski definition) is 4. The van der Waals surface area contributed by atoms with Gasteiger partial charge in [0.1, 0.15) is 10.8 Å². The Labute approximate surface area is 118 Å². The van der Waals surface area contributed by atoms with Crippen LogP contribution in [0.4, 0.5) is 4.39 Å². The van der Waals surface area contributed by atoms with E-state index in [1.165, 1.54) is 23.6 Å². The van der Waals surface area contributed by atoms with Gasteiger partial charge in [0.05, 0.1) is 24.0 Å². The summed E-state index contributed by atoms with van der Waals surface area (Å²) in [5.41, 5.74) is 1.63. The Bertz CT molecular complexity index is 750. The van der Waals surface area contributed by atoms with Crippen LogP contribution in [-0.2, 0) is 6.54 Å². The first kappa shape index (κ1) is 12.7. The lowest BCUT2D eigenvalue weighted by Gasteiger charge is -1.98. The number of benzene rings is 1. The van der Waals surface area contributed by atoms with E-state index in [-0.39, 0.29) is 5.82 Å². The maximum Gasteiger partial charge on any atom is 0.153 e. The van der Waals surface area contributed by atoms with Crippen molar-refractivity contribution in [2.45, 2.75) is 6.54 Å². The molecule has 1 aromatic carbocycles. The molecule has 0 N–H and O–H groups in total. The summed E-state index contributed by atoms with van der Waals surface area (Å²) < 4.78 is 15.3. The van der Waals surface area contributed by atoms with E-state index in [0.29, 0.717) is 23.4 Å². The smallest absolute Gasteiger partial charge is 0.153 e. The zero-order valence-electron chi connectivity index (χ0n) is 10.4. The number of hydrogen-bond donors (Lipinski definition) is 0. The van der Waals surface area contributed by atoms with Crippen molar-refractivity contribution in [2.75, 3.05) is 0 Å². The normalized spacial score (nSPS) is 10.7. The first-order valence-corrected chi connectivity index (χ1v) is 6.81. The van der Waals surface area contributed by atoms with E-state index in [2.05, 4.69) is 10.1 Å². The van der Waals surface area contributed by atoms with Gasteiger partial charge in [-0.1, -0.05) is 12.1 Å². The number of aldehydes is 1. The van der Waals surface area contributed by atoms with Gasteiger partial charge in [-0.15, -0.1) is 11.3 Å². The van der Waals surface area contributed by atoms with Crippen molar-refractivity contribution in [1.82, 2.24) is 14.8 Å². The highest BCUT2D eigenvalue weighted by Crippen LogP contribution is 2.24. The summed E-state index contributed by atoms with van der Waals surface area (Å²) in [6.45, 7) is 0.465. The van der Waals surface area contributed by atoms with Crippen LogP contribution in [0.3, 0.4) is 0 Å². The van der Waals surface area contributed by atoms with E-state index in [1.54, 1.807) is 29.1 Å². The van der Waals surface area contributed by atoms with Gasteiger partial charge in [0.25, 0.3) is 0 Å². The van der Waals surface area contributed by atoms with Crippen LogP contribution in [0.1, 0.15) is 15.4 Å².